The van der Waals surface area contributed by atoms with Gasteiger partial charge in [-0.15, -0.1) is 24.8 Å². The van der Waals surface area contributed by atoms with Gasteiger partial charge >= 0.3 is 0 Å². The van der Waals surface area contributed by atoms with Gasteiger partial charge < -0.3 is 15.5 Å². The molecule has 0 aliphatic carbocycles. The summed E-state index contributed by atoms with van der Waals surface area (Å²) in [6.07, 6.45) is 3.87. The zero-order chi connectivity index (χ0) is 16.1. The zero-order valence-corrected chi connectivity index (χ0v) is 16.4. The summed E-state index contributed by atoms with van der Waals surface area (Å²) >= 11 is 0. The lowest BCUT2D eigenvalue weighted by molar-refractivity contribution is -0.137. The molecule has 2 rings (SSSR count). The molecule has 0 aromatic carbocycles. The van der Waals surface area contributed by atoms with Crippen LogP contribution in [0.15, 0.2) is 0 Å². The largest absolute Gasteiger partial charge is 0.340 e. The van der Waals surface area contributed by atoms with Gasteiger partial charge in [0.1, 0.15) is 0 Å². The third-order valence-corrected chi connectivity index (χ3v) is 4.70. The molecule has 2 heterocycles. The average molecular weight is 383 g/mol. The van der Waals surface area contributed by atoms with Crippen molar-refractivity contribution in [1.82, 2.24) is 14.7 Å². The number of likely N-dealkylation sites (tertiary alicyclic amines) is 1. The van der Waals surface area contributed by atoms with Crippen LogP contribution >= 0.6 is 24.8 Å². The first-order valence-electron chi connectivity index (χ1n) is 8.52. The Labute approximate surface area is 157 Å². The van der Waals surface area contributed by atoms with Gasteiger partial charge in [0.25, 0.3) is 0 Å². The van der Waals surface area contributed by atoms with E-state index in [0.29, 0.717) is 32.1 Å². The monoisotopic (exact) mass is 382 g/mol. The lowest BCUT2D eigenvalue weighted by Crippen LogP contribution is -2.53. The normalized spacial score (nSPS) is 23.0. The van der Waals surface area contributed by atoms with Gasteiger partial charge in [0.15, 0.2) is 0 Å². The Morgan fingerprint density at radius 1 is 1.04 bits per heavy atom. The number of carbonyl (C=O) groups excluding carboxylic acids is 2. The second-order valence-corrected chi connectivity index (χ2v) is 6.77. The molecule has 2 aliphatic heterocycles. The third-order valence-electron chi connectivity index (χ3n) is 4.70. The molecular formula is C16H32Cl2N4O2. The number of rotatable bonds is 4. The second kappa shape index (κ2) is 11.1. The molecule has 2 aliphatic rings. The maximum absolute atomic E-state index is 12.4. The van der Waals surface area contributed by atoms with Gasteiger partial charge in [-0.2, -0.15) is 0 Å². The third kappa shape index (κ3) is 6.75. The number of carbonyl (C=O) groups is 2. The van der Waals surface area contributed by atoms with Gasteiger partial charge in [-0.05, 0) is 33.1 Å². The first kappa shape index (κ1) is 23.4. The topological polar surface area (TPSA) is 69.9 Å². The molecule has 6 nitrogen and oxygen atoms in total. The standard InChI is InChI=1S/C16H30N4O2.2ClH/c1-13(17)11-15(21)19-9-7-18(8-10-19)12-16(22)20-6-4-3-5-14(20)2;;/h13-14H,3-12,17H2,1-2H3;2*1H. The van der Waals surface area contributed by atoms with Gasteiger partial charge in [-0.25, -0.2) is 0 Å². The summed E-state index contributed by atoms with van der Waals surface area (Å²) in [5, 5.41) is 0. The lowest BCUT2D eigenvalue weighted by atomic mass is 10.0. The molecule has 2 unspecified atom stereocenters. The number of piperidine rings is 1. The van der Waals surface area contributed by atoms with Crippen LogP contribution in [0.3, 0.4) is 0 Å². The summed E-state index contributed by atoms with van der Waals surface area (Å²) in [5.41, 5.74) is 5.68. The van der Waals surface area contributed by atoms with Crippen LogP contribution in [0.4, 0.5) is 0 Å². The molecule has 0 radical (unpaired) electrons. The minimum Gasteiger partial charge on any atom is -0.340 e. The number of hydrogen-bond donors (Lipinski definition) is 1. The summed E-state index contributed by atoms with van der Waals surface area (Å²) in [6, 6.07) is 0.280. The predicted molar refractivity (Wildman–Crippen MR) is 101 cm³/mol. The number of piperazine rings is 1. The number of halogens is 2. The summed E-state index contributed by atoms with van der Waals surface area (Å²) in [6.45, 7) is 8.33. The fraction of sp³-hybridized carbons (Fsp3) is 0.875. The molecule has 0 aromatic rings. The Kier molecular flexibility index (Phi) is 10.9. The van der Waals surface area contributed by atoms with Gasteiger partial charge in [-0.3, -0.25) is 14.5 Å². The molecule has 2 saturated heterocycles. The number of nitrogens with two attached hydrogens (primary N) is 1. The zero-order valence-electron chi connectivity index (χ0n) is 14.8. The highest BCUT2D eigenvalue weighted by atomic mass is 35.5. The number of amides is 2. The van der Waals surface area contributed by atoms with Gasteiger partial charge in [-0.1, -0.05) is 0 Å². The van der Waals surface area contributed by atoms with E-state index in [9.17, 15) is 9.59 Å². The smallest absolute Gasteiger partial charge is 0.236 e. The maximum atomic E-state index is 12.4. The minimum absolute atomic E-state index is 0. The van der Waals surface area contributed by atoms with Crippen LogP contribution in [0.1, 0.15) is 39.5 Å². The molecule has 142 valence electrons. The fourth-order valence-electron chi connectivity index (χ4n) is 3.31. The summed E-state index contributed by atoms with van der Waals surface area (Å²) in [4.78, 5) is 30.5. The minimum atomic E-state index is -0.0901. The maximum Gasteiger partial charge on any atom is 0.236 e. The van der Waals surface area contributed by atoms with Gasteiger partial charge in [0.05, 0.1) is 6.54 Å². The average Bonchev–Trinajstić information content (AvgIpc) is 2.47. The van der Waals surface area contributed by atoms with E-state index in [-0.39, 0.29) is 42.7 Å². The van der Waals surface area contributed by atoms with E-state index in [2.05, 4.69) is 11.8 Å². The van der Waals surface area contributed by atoms with Crippen LogP contribution in [0.2, 0.25) is 0 Å². The highest BCUT2D eigenvalue weighted by Crippen LogP contribution is 2.17. The van der Waals surface area contributed by atoms with E-state index in [0.717, 1.165) is 32.5 Å². The highest BCUT2D eigenvalue weighted by Gasteiger charge is 2.27. The number of hydrogen-bond acceptors (Lipinski definition) is 4. The van der Waals surface area contributed by atoms with Crippen molar-refractivity contribution < 1.29 is 9.59 Å². The molecule has 0 spiro atoms. The second-order valence-electron chi connectivity index (χ2n) is 6.77. The van der Waals surface area contributed by atoms with Crippen LogP contribution in [-0.4, -0.2) is 77.9 Å². The predicted octanol–water partition coefficient (Wildman–Crippen LogP) is 1.11. The molecule has 2 atom stereocenters. The quantitative estimate of drug-likeness (QED) is 0.790. The molecule has 0 aromatic heterocycles. The van der Waals surface area contributed by atoms with Gasteiger partial charge in [0, 0.05) is 51.2 Å². The Hall–Kier alpha value is -0.560. The number of nitrogens with zero attached hydrogens (tertiary/aromatic N) is 3. The molecule has 2 fully saturated rings. The van der Waals surface area contributed by atoms with Crippen LogP contribution in [0, 0.1) is 0 Å². The van der Waals surface area contributed by atoms with Crippen molar-refractivity contribution in [2.24, 2.45) is 5.73 Å². The van der Waals surface area contributed by atoms with E-state index < -0.39 is 0 Å². The van der Waals surface area contributed by atoms with Crippen molar-refractivity contribution >= 4 is 36.6 Å². The first-order chi connectivity index (χ1) is 10.5. The van der Waals surface area contributed by atoms with E-state index >= 15 is 0 Å². The molecule has 8 heteroatoms. The fourth-order valence-corrected chi connectivity index (χ4v) is 3.31. The Morgan fingerprint density at radius 3 is 2.21 bits per heavy atom. The molecule has 24 heavy (non-hydrogen) atoms. The van der Waals surface area contributed by atoms with Gasteiger partial charge in [0.2, 0.25) is 11.8 Å². The molecule has 2 amide bonds. The summed E-state index contributed by atoms with van der Waals surface area (Å²) < 4.78 is 0. The van der Waals surface area contributed by atoms with Crippen molar-refractivity contribution in [1.29, 1.82) is 0 Å². The van der Waals surface area contributed by atoms with Crippen LogP contribution < -0.4 is 5.73 Å². The van der Waals surface area contributed by atoms with Crippen molar-refractivity contribution in [2.75, 3.05) is 39.3 Å². The van der Waals surface area contributed by atoms with Crippen LogP contribution in [0.25, 0.3) is 0 Å². The van der Waals surface area contributed by atoms with Crippen molar-refractivity contribution in [2.45, 2.75) is 51.6 Å². The van der Waals surface area contributed by atoms with E-state index in [1.165, 1.54) is 6.42 Å². The van der Waals surface area contributed by atoms with E-state index in [1.807, 2.05) is 16.7 Å². The first-order valence-corrected chi connectivity index (χ1v) is 8.52. The summed E-state index contributed by atoms with van der Waals surface area (Å²) in [7, 11) is 0. The summed E-state index contributed by atoms with van der Waals surface area (Å²) in [5.74, 6) is 0.369. The molecule has 2 N–H and O–H groups in total. The van der Waals surface area contributed by atoms with Crippen molar-refractivity contribution in [3.8, 4) is 0 Å². The van der Waals surface area contributed by atoms with E-state index in [4.69, 9.17) is 5.73 Å². The SMILES string of the molecule is CC(N)CC(=O)N1CCN(CC(=O)N2CCCCC2C)CC1.Cl.Cl. The highest BCUT2D eigenvalue weighted by molar-refractivity contribution is 5.85. The van der Waals surface area contributed by atoms with E-state index in [1.54, 1.807) is 0 Å². The van der Waals surface area contributed by atoms with Crippen molar-refractivity contribution in [3.05, 3.63) is 0 Å². The van der Waals surface area contributed by atoms with Crippen LogP contribution in [0.5, 0.6) is 0 Å². The lowest BCUT2D eigenvalue weighted by Gasteiger charge is -2.38. The molecule has 0 bridgehead atoms. The molecule has 0 saturated carbocycles. The Balaban J connectivity index is 0.00000264. The molecular weight excluding hydrogens is 351 g/mol. The van der Waals surface area contributed by atoms with Crippen molar-refractivity contribution in [3.63, 3.8) is 0 Å². The Bertz CT molecular complexity index is 402. The van der Waals surface area contributed by atoms with Crippen LogP contribution in [-0.2, 0) is 9.59 Å². The Morgan fingerprint density at radius 2 is 1.67 bits per heavy atom.